The summed E-state index contributed by atoms with van der Waals surface area (Å²) in [7, 11) is 0. The molecule has 0 aromatic heterocycles. The minimum Gasteiger partial charge on any atom is -0.327 e. The van der Waals surface area contributed by atoms with E-state index in [1.165, 1.54) is 45.2 Å². The van der Waals surface area contributed by atoms with Crippen LogP contribution in [0.4, 0.5) is 0 Å². The number of nitrogens with zero attached hydrogens (tertiary/aromatic N) is 1. The van der Waals surface area contributed by atoms with Gasteiger partial charge in [0.15, 0.2) is 0 Å². The highest BCUT2D eigenvalue weighted by Gasteiger charge is 2.33. The molecule has 88 valence electrons. The fourth-order valence-corrected chi connectivity index (χ4v) is 2.87. The summed E-state index contributed by atoms with van der Waals surface area (Å²) >= 11 is 0. The molecule has 2 saturated carbocycles. The van der Waals surface area contributed by atoms with Crippen molar-refractivity contribution in [2.75, 3.05) is 13.1 Å². The van der Waals surface area contributed by atoms with E-state index in [4.69, 9.17) is 5.73 Å². The SMILES string of the molecule is CC(C)CN(CC1CCCC1N)C1CC1. The minimum atomic E-state index is 0.485. The molecule has 2 heteroatoms. The summed E-state index contributed by atoms with van der Waals surface area (Å²) in [5.74, 6) is 1.58. The van der Waals surface area contributed by atoms with E-state index in [0.29, 0.717) is 6.04 Å². The molecular formula is C13H26N2. The molecule has 2 rings (SSSR count). The van der Waals surface area contributed by atoms with Gasteiger partial charge >= 0.3 is 0 Å². The van der Waals surface area contributed by atoms with Crippen molar-refractivity contribution in [3.05, 3.63) is 0 Å². The Morgan fingerprint density at radius 1 is 1.20 bits per heavy atom. The maximum Gasteiger partial charge on any atom is 0.00966 e. The minimum absolute atomic E-state index is 0.485. The fraction of sp³-hybridized carbons (Fsp3) is 1.00. The van der Waals surface area contributed by atoms with E-state index in [-0.39, 0.29) is 0 Å². The van der Waals surface area contributed by atoms with Crippen LogP contribution >= 0.6 is 0 Å². The summed E-state index contributed by atoms with van der Waals surface area (Å²) in [6, 6.07) is 1.39. The summed E-state index contributed by atoms with van der Waals surface area (Å²) in [6.45, 7) is 7.19. The molecule has 0 spiro atoms. The second-order valence-electron chi connectivity index (χ2n) is 5.93. The van der Waals surface area contributed by atoms with Crippen LogP contribution in [0.5, 0.6) is 0 Å². The molecule has 2 aliphatic carbocycles. The van der Waals surface area contributed by atoms with E-state index in [1.807, 2.05) is 0 Å². The van der Waals surface area contributed by atoms with Crippen molar-refractivity contribution in [1.82, 2.24) is 4.90 Å². The number of hydrogen-bond donors (Lipinski definition) is 1. The zero-order valence-corrected chi connectivity index (χ0v) is 10.3. The Morgan fingerprint density at radius 2 is 1.93 bits per heavy atom. The van der Waals surface area contributed by atoms with Gasteiger partial charge in [-0.05, 0) is 37.5 Å². The number of nitrogens with two attached hydrogens (primary N) is 1. The van der Waals surface area contributed by atoms with E-state index >= 15 is 0 Å². The Morgan fingerprint density at radius 3 is 2.40 bits per heavy atom. The van der Waals surface area contributed by atoms with Gasteiger partial charge in [0, 0.05) is 25.2 Å². The molecule has 2 N–H and O–H groups in total. The second kappa shape index (κ2) is 4.84. The van der Waals surface area contributed by atoms with Crippen molar-refractivity contribution in [2.24, 2.45) is 17.6 Å². The van der Waals surface area contributed by atoms with E-state index in [0.717, 1.165) is 17.9 Å². The van der Waals surface area contributed by atoms with Gasteiger partial charge in [-0.2, -0.15) is 0 Å². The highest BCUT2D eigenvalue weighted by molar-refractivity contribution is 4.89. The second-order valence-corrected chi connectivity index (χ2v) is 5.93. The Bertz CT molecular complexity index is 199. The third kappa shape index (κ3) is 3.18. The molecule has 2 fully saturated rings. The number of rotatable bonds is 5. The lowest BCUT2D eigenvalue weighted by atomic mass is 10.0. The van der Waals surface area contributed by atoms with Crippen molar-refractivity contribution in [3.8, 4) is 0 Å². The molecular weight excluding hydrogens is 184 g/mol. The predicted molar refractivity (Wildman–Crippen MR) is 64.7 cm³/mol. The van der Waals surface area contributed by atoms with E-state index in [2.05, 4.69) is 18.7 Å². The van der Waals surface area contributed by atoms with Gasteiger partial charge in [0.25, 0.3) is 0 Å². The van der Waals surface area contributed by atoms with E-state index in [1.54, 1.807) is 0 Å². The van der Waals surface area contributed by atoms with Crippen LogP contribution in [0.1, 0.15) is 46.0 Å². The Labute approximate surface area is 94.2 Å². The molecule has 0 heterocycles. The molecule has 0 bridgehead atoms. The summed E-state index contributed by atoms with van der Waals surface area (Å²) < 4.78 is 0. The first-order valence-corrected chi connectivity index (χ1v) is 6.66. The first kappa shape index (κ1) is 11.4. The molecule has 0 aromatic carbocycles. The van der Waals surface area contributed by atoms with Crippen LogP contribution in [-0.4, -0.2) is 30.1 Å². The lowest BCUT2D eigenvalue weighted by molar-refractivity contribution is 0.193. The summed E-state index contributed by atoms with van der Waals surface area (Å²) in [6.07, 6.45) is 6.82. The van der Waals surface area contributed by atoms with Crippen LogP contribution in [-0.2, 0) is 0 Å². The van der Waals surface area contributed by atoms with Crippen LogP contribution in [0.2, 0.25) is 0 Å². The van der Waals surface area contributed by atoms with Gasteiger partial charge in [0.2, 0.25) is 0 Å². The van der Waals surface area contributed by atoms with Crippen LogP contribution in [0.15, 0.2) is 0 Å². The van der Waals surface area contributed by atoms with Crippen LogP contribution in [0, 0.1) is 11.8 Å². The van der Waals surface area contributed by atoms with Gasteiger partial charge in [-0.3, -0.25) is 4.90 Å². The third-order valence-corrected chi connectivity index (χ3v) is 3.85. The highest BCUT2D eigenvalue weighted by atomic mass is 15.2. The van der Waals surface area contributed by atoms with Gasteiger partial charge in [0.1, 0.15) is 0 Å². The molecule has 2 aliphatic rings. The average Bonchev–Trinajstić information content (AvgIpc) is 2.92. The lowest BCUT2D eigenvalue weighted by Gasteiger charge is -2.28. The van der Waals surface area contributed by atoms with Crippen LogP contribution in [0.3, 0.4) is 0 Å². The Hall–Kier alpha value is -0.0800. The van der Waals surface area contributed by atoms with Gasteiger partial charge in [-0.15, -0.1) is 0 Å². The van der Waals surface area contributed by atoms with Crippen molar-refractivity contribution < 1.29 is 0 Å². The molecule has 0 aromatic rings. The van der Waals surface area contributed by atoms with Crippen molar-refractivity contribution in [3.63, 3.8) is 0 Å². The topological polar surface area (TPSA) is 29.3 Å². The summed E-state index contributed by atoms with van der Waals surface area (Å²) in [4.78, 5) is 2.71. The Balaban J connectivity index is 1.82. The van der Waals surface area contributed by atoms with E-state index in [9.17, 15) is 0 Å². The maximum atomic E-state index is 6.15. The first-order chi connectivity index (χ1) is 7.16. The molecule has 0 saturated heterocycles. The monoisotopic (exact) mass is 210 g/mol. The molecule has 2 atom stereocenters. The normalized spacial score (nSPS) is 31.8. The van der Waals surface area contributed by atoms with Gasteiger partial charge in [-0.25, -0.2) is 0 Å². The predicted octanol–water partition coefficient (Wildman–Crippen LogP) is 2.23. The average molecular weight is 210 g/mol. The van der Waals surface area contributed by atoms with E-state index < -0.39 is 0 Å². The third-order valence-electron chi connectivity index (χ3n) is 3.85. The maximum absolute atomic E-state index is 6.15. The zero-order valence-electron chi connectivity index (χ0n) is 10.3. The van der Waals surface area contributed by atoms with Crippen molar-refractivity contribution in [2.45, 2.75) is 58.0 Å². The van der Waals surface area contributed by atoms with Crippen molar-refractivity contribution in [1.29, 1.82) is 0 Å². The van der Waals surface area contributed by atoms with Crippen LogP contribution in [0.25, 0.3) is 0 Å². The van der Waals surface area contributed by atoms with Crippen LogP contribution < -0.4 is 5.73 Å². The standard InChI is InChI=1S/C13H26N2/c1-10(2)8-15(12-6-7-12)9-11-4-3-5-13(11)14/h10-13H,3-9,14H2,1-2H3. The molecule has 0 radical (unpaired) electrons. The van der Waals surface area contributed by atoms with Gasteiger partial charge < -0.3 is 5.73 Å². The number of hydrogen-bond acceptors (Lipinski definition) is 2. The van der Waals surface area contributed by atoms with Gasteiger partial charge in [0.05, 0.1) is 0 Å². The molecule has 0 amide bonds. The fourth-order valence-electron chi connectivity index (χ4n) is 2.87. The summed E-state index contributed by atoms with van der Waals surface area (Å²) in [5, 5.41) is 0. The first-order valence-electron chi connectivity index (χ1n) is 6.66. The molecule has 15 heavy (non-hydrogen) atoms. The quantitative estimate of drug-likeness (QED) is 0.754. The largest absolute Gasteiger partial charge is 0.327 e. The summed E-state index contributed by atoms with van der Waals surface area (Å²) in [5.41, 5.74) is 6.15. The molecule has 2 nitrogen and oxygen atoms in total. The van der Waals surface area contributed by atoms with Gasteiger partial charge in [-0.1, -0.05) is 20.3 Å². The molecule has 0 aliphatic heterocycles. The lowest BCUT2D eigenvalue weighted by Crippen LogP contribution is -2.39. The van der Waals surface area contributed by atoms with Crippen molar-refractivity contribution >= 4 is 0 Å². The molecule has 2 unspecified atom stereocenters. The smallest absolute Gasteiger partial charge is 0.00966 e. The zero-order chi connectivity index (χ0) is 10.8. The highest BCUT2D eigenvalue weighted by Crippen LogP contribution is 2.31. The Kier molecular flexibility index (Phi) is 3.68.